The standard InChI is InChI=1S/C16H25NO4/c1-5-6-7-12(10-16(18)17-21-4)14-9-8-13(19-2)11-15(14)20-3/h8-9,11-12H,5-7,10H2,1-4H3,(H,17,18)/t12-/m1/s1. The molecule has 21 heavy (non-hydrogen) atoms. The Bertz CT molecular complexity index is 448. The van der Waals surface area contributed by atoms with Gasteiger partial charge in [-0.25, -0.2) is 5.48 Å². The molecule has 0 radical (unpaired) electrons. The van der Waals surface area contributed by atoms with Crippen LogP contribution in [0.1, 0.15) is 44.1 Å². The van der Waals surface area contributed by atoms with Gasteiger partial charge >= 0.3 is 0 Å². The number of hydrogen-bond acceptors (Lipinski definition) is 4. The molecule has 1 atom stereocenters. The number of carbonyl (C=O) groups is 1. The molecule has 0 aliphatic rings. The number of unbranched alkanes of at least 4 members (excludes halogenated alkanes) is 1. The van der Waals surface area contributed by atoms with E-state index in [0.29, 0.717) is 6.42 Å². The highest BCUT2D eigenvalue weighted by molar-refractivity contribution is 5.76. The van der Waals surface area contributed by atoms with Gasteiger partial charge in [0.1, 0.15) is 11.5 Å². The maximum absolute atomic E-state index is 11.8. The van der Waals surface area contributed by atoms with Crippen LogP contribution in [0.25, 0.3) is 0 Å². The largest absolute Gasteiger partial charge is 0.497 e. The van der Waals surface area contributed by atoms with Gasteiger partial charge in [-0.3, -0.25) is 9.63 Å². The molecular weight excluding hydrogens is 270 g/mol. The van der Waals surface area contributed by atoms with E-state index < -0.39 is 0 Å². The van der Waals surface area contributed by atoms with Crippen molar-refractivity contribution in [2.45, 2.75) is 38.5 Å². The summed E-state index contributed by atoms with van der Waals surface area (Å²) in [4.78, 5) is 16.5. The molecule has 0 fully saturated rings. The van der Waals surface area contributed by atoms with E-state index in [1.807, 2.05) is 18.2 Å². The summed E-state index contributed by atoms with van der Waals surface area (Å²) in [5.74, 6) is 1.46. The van der Waals surface area contributed by atoms with Crippen molar-refractivity contribution < 1.29 is 19.1 Å². The van der Waals surface area contributed by atoms with Gasteiger partial charge in [0.25, 0.3) is 0 Å². The van der Waals surface area contributed by atoms with Crippen LogP contribution in [0, 0.1) is 0 Å². The Labute approximate surface area is 126 Å². The average Bonchev–Trinajstić information content (AvgIpc) is 2.51. The lowest BCUT2D eigenvalue weighted by Crippen LogP contribution is -2.24. The Morgan fingerprint density at radius 1 is 1.24 bits per heavy atom. The molecule has 5 nitrogen and oxygen atoms in total. The quantitative estimate of drug-likeness (QED) is 0.711. The van der Waals surface area contributed by atoms with Crippen molar-refractivity contribution >= 4 is 5.91 Å². The molecule has 0 aliphatic carbocycles. The minimum Gasteiger partial charge on any atom is -0.497 e. The van der Waals surface area contributed by atoms with Crippen LogP contribution in [0.15, 0.2) is 18.2 Å². The topological polar surface area (TPSA) is 56.8 Å². The molecule has 0 aromatic heterocycles. The SMILES string of the molecule is CCCC[C@H](CC(=O)NOC)c1ccc(OC)cc1OC. The van der Waals surface area contributed by atoms with Gasteiger partial charge in [0.2, 0.25) is 5.91 Å². The van der Waals surface area contributed by atoms with E-state index in [1.165, 1.54) is 7.11 Å². The van der Waals surface area contributed by atoms with Gasteiger partial charge < -0.3 is 9.47 Å². The summed E-state index contributed by atoms with van der Waals surface area (Å²) < 4.78 is 10.7. The molecule has 0 bridgehead atoms. The smallest absolute Gasteiger partial charge is 0.244 e. The fourth-order valence-corrected chi connectivity index (χ4v) is 2.35. The molecule has 1 amide bonds. The molecule has 118 valence electrons. The van der Waals surface area contributed by atoms with Gasteiger partial charge in [0, 0.05) is 12.5 Å². The first-order chi connectivity index (χ1) is 10.2. The van der Waals surface area contributed by atoms with Crippen LogP contribution in [0.2, 0.25) is 0 Å². The van der Waals surface area contributed by atoms with Crippen LogP contribution >= 0.6 is 0 Å². The molecule has 0 heterocycles. The number of carbonyl (C=O) groups excluding carboxylic acids is 1. The molecule has 0 saturated carbocycles. The summed E-state index contributed by atoms with van der Waals surface area (Å²) in [7, 11) is 4.69. The van der Waals surface area contributed by atoms with Crippen molar-refractivity contribution in [3.05, 3.63) is 23.8 Å². The number of rotatable bonds is 9. The summed E-state index contributed by atoms with van der Waals surface area (Å²) in [6.07, 6.45) is 3.44. The van der Waals surface area contributed by atoms with Crippen molar-refractivity contribution in [1.29, 1.82) is 0 Å². The molecule has 0 unspecified atom stereocenters. The highest BCUT2D eigenvalue weighted by atomic mass is 16.6. The van der Waals surface area contributed by atoms with Gasteiger partial charge in [-0.05, 0) is 24.0 Å². The molecule has 0 spiro atoms. The monoisotopic (exact) mass is 295 g/mol. The summed E-state index contributed by atoms with van der Waals surface area (Å²) in [6, 6.07) is 5.71. The Morgan fingerprint density at radius 3 is 2.57 bits per heavy atom. The number of methoxy groups -OCH3 is 2. The van der Waals surface area contributed by atoms with E-state index in [1.54, 1.807) is 14.2 Å². The zero-order chi connectivity index (χ0) is 15.7. The van der Waals surface area contributed by atoms with E-state index in [4.69, 9.17) is 9.47 Å². The minimum absolute atomic E-state index is 0.0981. The highest BCUT2D eigenvalue weighted by Gasteiger charge is 2.20. The Kier molecular flexibility index (Phi) is 7.61. The molecule has 1 rings (SSSR count). The normalized spacial score (nSPS) is 11.8. The second-order valence-corrected chi connectivity index (χ2v) is 4.88. The number of ether oxygens (including phenoxy) is 2. The van der Waals surface area contributed by atoms with Gasteiger partial charge in [-0.1, -0.05) is 25.8 Å². The van der Waals surface area contributed by atoms with Crippen molar-refractivity contribution in [3.8, 4) is 11.5 Å². The Morgan fingerprint density at radius 2 is 2.00 bits per heavy atom. The van der Waals surface area contributed by atoms with Gasteiger partial charge in [-0.15, -0.1) is 0 Å². The maximum Gasteiger partial charge on any atom is 0.244 e. The predicted molar refractivity (Wildman–Crippen MR) is 81.6 cm³/mol. The first-order valence-electron chi connectivity index (χ1n) is 7.20. The molecule has 0 saturated heterocycles. The van der Waals surface area contributed by atoms with Gasteiger partial charge in [0.05, 0.1) is 21.3 Å². The van der Waals surface area contributed by atoms with E-state index in [-0.39, 0.29) is 11.8 Å². The third-order valence-corrected chi connectivity index (χ3v) is 3.43. The first-order valence-corrected chi connectivity index (χ1v) is 7.20. The molecule has 1 aromatic rings. The fourth-order valence-electron chi connectivity index (χ4n) is 2.35. The third kappa shape index (κ3) is 5.27. The van der Waals surface area contributed by atoms with Gasteiger partial charge in [0.15, 0.2) is 0 Å². The minimum atomic E-state index is -0.128. The fraction of sp³-hybridized carbons (Fsp3) is 0.562. The van der Waals surface area contributed by atoms with Crippen LogP contribution in [0.4, 0.5) is 0 Å². The third-order valence-electron chi connectivity index (χ3n) is 3.43. The lowest BCUT2D eigenvalue weighted by atomic mass is 9.89. The van der Waals surface area contributed by atoms with Crippen LogP contribution in [-0.4, -0.2) is 27.2 Å². The van der Waals surface area contributed by atoms with Crippen molar-refractivity contribution in [3.63, 3.8) is 0 Å². The van der Waals surface area contributed by atoms with E-state index >= 15 is 0 Å². The lowest BCUT2D eigenvalue weighted by Gasteiger charge is -2.20. The highest BCUT2D eigenvalue weighted by Crippen LogP contribution is 2.35. The summed E-state index contributed by atoms with van der Waals surface area (Å²) in [6.45, 7) is 2.14. The van der Waals surface area contributed by atoms with Crippen LogP contribution < -0.4 is 15.0 Å². The van der Waals surface area contributed by atoms with Crippen molar-refractivity contribution in [1.82, 2.24) is 5.48 Å². The molecule has 1 aromatic carbocycles. The number of amides is 1. The predicted octanol–water partition coefficient (Wildman–Crippen LogP) is 3.05. The zero-order valence-corrected chi connectivity index (χ0v) is 13.3. The molecule has 0 aliphatic heterocycles. The van der Waals surface area contributed by atoms with Gasteiger partial charge in [-0.2, -0.15) is 0 Å². The summed E-state index contributed by atoms with van der Waals surface area (Å²) >= 11 is 0. The van der Waals surface area contributed by atoms with Crippen LogP contribution in [-0.2, 0) is 9.63 Å². The second kappa shape index (κ2) is 9.23. The Hall–Kier alpha value is -1.75. The summed E-state index contributed by atoms with van der Waals surface area (Å²) in [5.41, 5.74) is 3.40. The first kappa shape index (κ1) is 17.3. The molecule has 1 N–H and O–H groups in total. The molecule has 5 heteroatoms. The number of hydrogen-bond donors (Lipinski definition) is 1. The van der Waals surface area contributed by atoms with Crippen molar-refractivity contribution in [2.24, 2.45) is 0 Å². The van der Waals surface area contributed by atoms with E-state index in [2.05, 4.69) is 17.2 Å². The lowest BCUT2D eigenvalue weighted by molar-refractivity contribution is -0.131. The van der Waals surface area contributed by atoms with Crippen molar-refractivity contribution in [2.75, 3.05) is 21.3 Å². The average molecular weight is 295 g/mol. The number of hydroxylamine groups is 1. The maximum atomic E-state index is 11.8. The second-order valence-electron chi connectivity index (χ2n) is 4.88. The van der Waals surface area contributed by atoms with E-state index in [9.17, 15) is 4.79 Å². The van der Waals surface area contributed by atoms with Crippen LogP contribution in [0.5, 0.6) is 11.5 Å². The molecular formula is C16H25NO4. The van der Waals surface area contributed by atoms with Crippen LogP contribution in [0.3, 0.4) is 0 Å². The van der Waals surface area contributed by atoms with E-state index in [0.717, 1.165) is 36.3 Å². The number of nitrogens with one attached hydrogen (secondary N) is 1. The Balaban J connectivity index is 2.98. The summed E-state index contributed by atoms with van der Waals surface area (Å²) in [5, 5.41) is 0. The number of benzene rings is 1. The zero-order valence-electron chi connectivity index (χ0n) is 13.3.